The quantitative estimate of drug-likeness (QED) is 0.891. The number of nitrogens with zero attached hydrogens (tertiary/aromatic N) is 4. The Morgan fingerprint density at radius 3 is 2.96 bits per heavy atom. The third-order valence-electron chi connectivity index (χ3n) is 5.54. The first-order chi connectivity index (χ1) is 11.5. The minimum Gasteiger partial charge on any atom is -0.356 e. The van der Waals surface area contributed by atoms with Crippen LogP contribution >= 0.6 is 0 Å². The second kappa shape index (κ2) is 5.58. The average Bonchev–Trinajstić information content (AvgIpc) is 3.16. The van der Waals surface area contributed by atoms with Crippen LogP contribution in [0.15, 0.2) is 18.5 Å². The predicted octanol–water partition coefficient (Wildman–Crippen LogP) is 0.955. The van der Waals surface area contributed by atoms with Gasteiger partial charge in [0.2, 0.25) is 5.91 Å². The van der Waals surface area contributed by atoms with E-state index in [4.69, 9.17) is 0 Å². The van der Waals surface area contributed by atoms with Gasteiger partial charge in [-0.15, -0.1) is 0 Å². The van der Waals surface area contributed by atoms with Gasteiger partial charge in [0.25, 0.3) is 5.91 Å². The summed E-state index contributed by atoms with van der Waals surface area (Å²) in [5, 5.41) is 7.10. The standard InChI is InChI=1S/C17H21N5O2/c1-21(13-3-10-6-16(23)19-7-11(10)4-13)17(24)12-5-15-14(18-8-12)9-20-22(15)2/h5,8-11,13H,3-4,6-7H2,1-2H3,(H,19,23)/t10-,11+,13-/m0/s1. The molecule has 2 aromatic heterocycles. The van der Waals surface area contributed by atoms with Gasteiger partial charge in [-0.1, -0.05) is 0 Å². The maximum Gasteiger partial charge on any atom is 0.255 e. The zero-order chi connectivity index (χ0) is 16.8. The molecule has 1 saturated carbocycles. The summed E-state index contributed by atoms with van der Waals surface area (Å²) in [4.78, 5) is 30.6. The predicted molar refractivity (Wildman–Crippen MR) is 88.2 cm³/mol. The van der Waals surface area contributed by atoms with Crippen LogP contribution in [-0.2, 0) is 11.8 Å². The molecule has 2 aromatic rings. The fourth-order valence-corrected chi connectivity index (χ4v) is 4.06. The van der Waals surface area contributed by atoms with E-state index >= 15 is 0 Å². The van der Waals surface area contributed by atoms with Gasteiger partial charge in [0.1, 0.15) is 5.52 Å². The number of rotatable bonds is 2. The third kappa shape index (κ3) is 2.44. The Morgan fingerprint density at radius 1 is 1.33 bits per heavy atom. The van der Waals surface area contributed by atoms with E-state index in [0.29, 0.717) is 23.8 Å². The van der Waals surface area contributed by atoms with Gasteiger partial charge in [0, 0.05) is 39.3 Å². The molecule has 0 spiro atoms. The molecule has 1 aliphatic carbocycles. The molecular formula is C17H21N5O2. The minimum atomic E-state index is -0.0199. The van der Waals surface area contributed by atoms with Crippen LogP contribution in [0.3, 0.4) is 0 Å². The number of hydrogen-bond acceptors (Lipinski definition) is 4. The van der Waals surface area contributed by atoms with Crippen molar-refractivity contribution in [1.29, 1.82) is 0 Å². The third-order valence-corrected chi connectivity index (χ3v) is 5.54. The molecule has 24 heavy (non-hydrogen) atoms. The fourth-order valence-electron chi connectivity index (χ4n) is 4.06. The number of carbonyl (C=O) groups excluding carboxylic acids is 2. The van der Waals surface area contributed by atoms with E-state index in [1.54, 1.807) is 17.1 Å². The van der Waals surface area contributed by atoms with Crippen LogP contribution in [-0.4, -0.2) is 51.1 Å². The van der Waals surface area contributed by atoms with Crippen LogP contribution in [0.25, 0.3) is 11.0 Å². The zero-order valence-corrected chi connectivity index (χ0v) is 13.9. The number of aryl methyl sites for hydroxylation is 1. The molecule has 3 atom stereocenters. The molecule has 1 aliphatic heterocycles. The molecule has 1 N–H and O–H groups in total. The molecule has 7 heteroatoms. The first-order valence-corrected chi connectivity index (χ1v) is 8.34. The van der Waals surface area contributed by atoms with E-state index in [2.05, 4.69) is 15.4 Å². The van der Waals surface area contributed by atoms with E-state index in [9.17, 15) is 9.59 Å². The van der Waals surface area contributed by atoms with Gasteiger partial charge in [-0.2, -0.15) is 5.10 Å². The Hall–Kier alpha value is -2.44. The van der Waals surface area contributed by atoms with E-state index < -0.39 is 0 Å². The average molecular weight is 327 g/mol. The van der Waals surface area contributed by atoms with Gasteiger partial charge in [-0.3, -0.25) is 19.3 Å². The van der Waals surface area contributed by atoms with Crippen LogP contribution in [0.4, 0.5) is 0 Å². The second-order valence-electron chi connectivity index (χ2n) is 6.97. The lowest BCUT2D eigenvalue weighted by Gasteiger charge is -2.24. The van der Waals surface area contributed by atoms with E-state index in [1.807, 2.05) is 25.1 Å². The summed E-state index contributed by atoms with van der Waals surface area (Å²) < 4.78 is 1.72. The van der Waals surface area contributed by atoms with Gasteiger partial charge in [0.15, 0.2) is 0 Å². The molecule has 2 aliphatic rings. The Bertz CT molecular complexity index is 814. The largest absolute Gasteiger partial charge is 0.356 e. The van der Waals surface area contributed by atoms with Gasteiger partial charge in [-0.25, -0.2) is 0 Å². The summed E-state index contributed by atoms with van der Waals surface area (Å²) in [6.45, 7) is 0.741. The van der Waals surface area contributed by atoms with Crippen molar-refractivity contribution in [1.82, 2.24) is 25.0 Å². The molecule has 1 saturated heterocycles. The number of hydrogen-bond donors (Lipinski definition) is 1. The van der Waals surface area contributed by atoms with Gasteiger partial charge < -0.3 is 10.2 Å². The van der Waals surface area contributed by atoms with E-state index in [0.717, 1.165) is 30.4 Å². The van der Waals surface area contributed by atoms with Crippen molar-refractivity contribution in [3.63, 3.8) is 0 Å². The van der Waals surface area contributed by atoms with Crippen LogP contribution < -0.4 is 5.32 Å². The lowest BCUT2D eigenvalue weighted by atomic mass is 9.89. The number of nitrogens with one attached hydrogen (secondary N) is 1. The number of piperidine rings is 1. The molecule has 3 heterocycles. The lowest BCUT2D eigenvalue weighted by Crippen LogP contribution is -2.38. The topological polar surface area (TPSA) is 80.1 Å². The van der Waals surface area contributed by atoms with E-state index in [1.165, 1.54) is 0 Å². The van der Waals surface area contributed by atoms with Crippen molar-refractivity contribution in [3.8, 4) is 0 Å². The summed E-state index contributed by atoms with van der Waals surface area (Å²) in [6.07, 6.45) is 5.76. The van der Waals surface area contributed by atoms with Crippen molar-refractivity contribution in [2.75, 3.05) is 13.6 Å². The molecule has 0 bridgehead atoms. The van der Waals surface area contributed by atoms with Crippen molar-refractivity contribution in [2.45, 2.75) is 25.3 Å². The minimum absolute atomic E-state index is 0.0199. The van der Waals surface area contributed by atoms with Crippen LogP contribution in [0, 0.1) is 11.8 Å². The Labute approximate surface area is 140 Å². The smallest absolute Gasteiger partial charge is 0.255 e. The zero-order valence-electron chi connectivity index (χ0n) is 13.9. The molecule has 126 valence electrons. The highest BCUT2D eigenvalue weighted by atomic mass is 16.2. The Morgan fingerprint density at radius 2 is 2.12 bits per heavy atom. The normalized spacial score (nSPS) is 26.2. The first kappa shape index (κ1) is 15.1. The fraction of sp³-hybridized carbons (Fsp3) is 0.529. The maximum absolute atomic E-state index is 12.9. The highest BCUT2D eigenvalue weighted by Crippen LogP contribution is 2.38. The van der Waals surface area contributed by atoms with Gasteiger partial charge in [-0.05, 0) is 30.7 Å². The molecule has 0 unspecified atom stereocenters. The van der Waals surface area contributed by atoms with Crippen molar-refractivity contribution in [3.05, 3.63) is 24.0 Å². The number of aromatic nitrogens is 3. The summed E-state index contributed by atoms with van der Waals surface area (Å²) in [5.74, 6) is 1.00. The molecule has 4 rings (SSSR count). The van der Waals surface area contributed by atoms with Crippen molar-refractivity contribution in [2.24, 2.45) is 18.9 Å². The van der Waals surface area contributed by atoms with Gasteiger partial charge >= 0.3 is 0 Å². The van der Waals surface area contributed by atoms with Crippen LogP contribution in [0.2, 0.25) is 0 Å². The summed E-state index contributed by atoms with van der Waals surface area (Å²) >= 11 is 0. The van der Waals surface area contributed by atoms with Crippen LogP contribution in [0.5, 0.6) is 0 Å². The molecule has 0 radical (unpaired) electrons. The number of fused-ring (bicyclic) bond motifs is 2. The maximum atomic E-state index is 12.9. The van der Waals surface area contributed by atoms with Crippen molar-refractivity contribution < 1.29 is 9.59 Å². The molecule has 2 amide bonds. The molecule has 0 aromatic carbocycles. The summed E-state index contributed by atoms with van der Waals surface area (Å²) in [5.41, 5.74) is 2.22. The second-order valence-corrected chi connectivity index (χ2v) is 6.97. The Kier molecular flexibility index (Phi) is 3.51. The van der Waals surface area contributed by atoms with Crippen LogP contribution in [0.1, 0.15) is 29.6 Å². The lowest BCUT2D eigenvalue weighted by molar-refractivity contribution is -0.124. The van der Waals surface area contributed by atoms with E-state index in [-0.39, 0.29) is 17.9 Å². The molecule has 2 fully saturated rings. The SMILES string of the molecule is CN(C(=O)c1cnc2cnn(C)c2c1)[C@H]1C[C@H]2CC(=O)NC[C@H]2C1. The Balaban J connectivity index is 1.53. The number of amides is 2. The molecule has 7 nitrogen and oxygen atoms in total. The number of carbonyl (C=O) groups is 2. The van der Waals surface area contributed by atoms with Crippen molar-refractivity contribution >= 4 is 22.8 Å². The summed E-state index contributed by atoms with van der Waals surface area (Å²) in [6, 6.07) is 2.03. The van der Waals surface area contributed by atoms with Gasteiger partial charge in [0.05, 0.1) is 17.3 Å². The first-order valence-electron chi connectivity index (χ1n) is 8.34. The summed E-state index contributed by atoms with van der Waals surface area (Å²) in [7, 11) is 3.70. The molecular weight excluding hydrogens is 306 g/mol. The highest BCUT2D eigenvalue weighted by molar-refractivity contribution is 5.96. The monoisotopic (exact) mass is 327 g/mol. The highest BCUT2D eigenvalue weighted by Gasteiger charge is 2.40. The number of pyridine rings is 1.